The minimum atomic E-state index is -0.531. The van der Waals surface area contributed by atoms with Crippen molar-refractivity contribution >= 4 is 17.7 Å². The number of carbonyl (C=O) groups excluding carboxylic acids is 1. The van der Waals surface area contributed by atoms with E-state index in [1.807, 2.05) is 13.0 Å². The average molecular weight is 429 g/mol. The van der Waals surface area contributed by atoms with Gasteiger partial charge in [0.1, 0.15) is 5.82 Å². The molecule has 0 saturated carbocycles. The van der Waals surface area contributed by atoms with E-state index in [1.54, 1.807) is 11.0 Å². The molecule has 0 unspecified atom stereocenters. The van der Waals surface area contributed by atoms with Crippen LogP contribution in [0, 0.1) is 12.7 Å². The predicted molar refractivity (Wildman–Crippen MR) is 118 cm³/mol. The summed E-state index contributed by atoms with van der Waals surface area (Å²) < 4.78 is 18.9. The SMILES string of the molecule is COc1ccc(C(=O)N2CCN(c3nc(C)cc(N4CCN(C)CC4)n3)CC2)cc1F. The Morgan fingerprint density at radius 2 is 1.65 bits per heavy atom. The Morgan fingerprint density at radius 3 is 2.29 bits per heavy atom. The van der Waals surface area contributed by atoms with Gasteiger partial charge in [-0.2, -0.15) is 4.98 Å². The lowest BCUT2D eigenvalue weighted by Crippen LogP contribution is -2.49. The maximum Gasteiger partial charge on any atom is 0.254 e. The number of hydrogen-bond acceptors (Lipinski definition) is 7. The summed E-state index contributed by atoms with van der Waals surface area (Å²) in [5, 5.41) is 0. The van der Waals surface area contributed by atoms with Gasteiger partial charge >= 0.3 is 0 Å². The summed E-state index contributed by atoms with van der Waals surface area (Å²) in [7, 11) is 3.54. The number of halogens is 1. The molecule has 0 spiro atoms. The average Bonchev–Trinajstić information content (AvgIpc) is 2.78. The first-order chi connectivity index (χ1) is 14.9. The van der Waals surface area contributed by atoms with E-state index in [-0.39, 0.29) is 11.7 Å². The number of likely N-dealkylation sites (N-methyl/N-ethyl adjacent to an activating group) is 1. The standard InChI is InChI=1S/C22H29FN6O2/c1-16-14-20(27-8-6-26(2)7-9-27)25-22(24-16)29-12-10-28(11-13-29)21(30)17-4-5-19(31-3)18(23)15-17/h4-5,14-15H,6-13H2,1-3H3. The Kier molecular flexibility index (Phi) is 6.22. The van der Waals surface area contributed by atoms with Gasteiger partial charge in [-0.05, 0) is 32.2 Å². The Labute approximate surface area is 182 Å². The number of anilines is 2. The largest absolute Gasteiger partial charge is 0.494 e. The first kappa shape index (κ1) is 21.3. The van der Waals surface area contributed by atoms with E-state index >= 15 is 0 Å². The molecule has 31 heavy (non-hydrogen) atoms. The number of rotatable bonds is 4. The molecule has 9 heteroatoms. The van der Waals surface area contributed by atoms with Gasteiger partial charge in [0.25, 0.3) is 5.91 Å². The summed E-state index contributed by atoms with van der Waals surface area (Å²) in [6.07, 6.45) is 0. The monoisotopic (exact) mass is 428 g/mol. The van der Waals surface area contributed by atoms with E-state index in [1.165, 1.54) is 19.2 Å². The molecule has 0 N–H and O–H groups in total. The van der Waals surface area contributed by atoms with Crippen LogP contribution in [0.2, 0.25) is 0 Å². The molecule has 4 rings (SSSR count). The highest BCUT2D eigenvalue weighted by Gasteiger charge is 2.25. The van der Waals surface area contributed by atoms with Crippen LogP contribution in [0.4, 0.5) is 16.2 Å². The van der Waals surface area contributed by atoms with Crippen LogP contribution in [0.1, 0.15) is 16.1 Å². The summed E-state index contributed by atoms with van der Waals surface area (Å²) in [5.74, 6) is 1.09. The number of aryl methyl sites for hydroxylation is 1. The summed E-state index contributed by atoms with van der Waals surface area (Å²) in [5.41, 5.74) is 1.27. The lowest BCUT2D eigenvalue weighted by Gasteiger charge is -2.36. The van der Waals surface area contributed by atoms with Crippen molar-refractivity contribution in [1.82, 2.24) is 19.8 Å². The van der Waals surface area contributed by atoms with Gasteiger partial charge in [-0.1, -0.05) is 0 Å². The van der Waals surface area contributed by atoms with Crippen molar-refractivity contribution in [3.8, 4) is 5.75 Å². The van der Waals surface area contributed by atoms with E-state index in [0.717, 1.165) is 37.7 Å². The highest BCUT2D eigenvalue weighted by atomic mass is 19.1. The van der Waals surface area contributed by atoms with Crippen LogP contribution < -0.4 is 14.5 Å². The lowest BCUT2D eigenvalue weighted by atomic mass is 10.1. The summed E-state index contributed by atoms with van der Waals surface area (Å²) in [6.45, 7) is 8.27. The number of carbonyl (C=O) groups is 1. The van der Waals surface area contributed by atoms with Crippen LogP contribution in [0.3, 0.4) is 0 Å². The molecule has 3 heterocycles. The molecule has 2 fully saturated rings. The molecular weight excluding hydrogens is 399 g/mol. The quantitative estimate of drug-likeness (QED) is 0.734. The Hall–Kier alpha value is -2.94. The molecule has 1 aromatic heterocycles. The second-order valence-electron chi connectivity index (χ2n) is 8.09. The number of hydrogen-bond donors (Lipinski definition) is 0. The Morgan fingerprint density at radius 1 is 0.968 bits per heavy atom. The second-order valence-corrected chi connectivity index (χ2v) is 8.09. The van der Waals surface area contributed by atoms with Crippen LogP contribution in [-0.2, 0) is 0 Å². The van der Waals surface area contributed by atoms with E-state index in [9.17, 15) is 9.18 Å². The molecule has 2 aliphatic heterocycles. The van der Waals surface area contributed by atoms with Gasteiger partial charge in [0.2, 0.25) is 5.95 Å². The van der Waals surface area contributed by atoms with Crippen LogP contribution >= 0.6 is 0 Å². The highest BCUT2D eigenvalue weighted by molar-refractivity contribution is 5.94. The number of aromatic nitrogens is 2. The van der Waals surface area contributed by atoms with Crippen molar-refractivity contribution in [2.45, 2.75) is 6.92 Å². The molecule has 1 amide bonds. The molecule has 0 atom stereocenters. The zero-order chi connectivity index (χ0) is 22.0. The van der Waals surface area contributed by atoms with Gasteiger partial charge in [-0.25, -0.2) is 9.37 Å². The molecule has 0 aliphatic carbocycles. The maximum absolute atomic E-state index is 14.0. The number of methoxy groups -OCH3 is 1. The third kappa shape index (κ3) is 4.71. The molecule has 2 saturated heterocycles. The number of piperazine rings is 2. The van der Waals surface area contributed by atoms with E-state index in [2.05, 4.69) is 26.7 Å². The van der Waals surface area contributed by atoms with Gasteiger partial charge < -0.3 is 24.3 Å². The van der Waals surface area contributed by atoms with Gasteiger partial charge in [0.15, 0.2) is 11.6 Å². The molecule has 0 bridgehead atoms. The van der Waals surface area contributed by atoms with Crippen LogP contribution in [0.25, 0.3) is 0 Å². The number of ether oxygens (including phenoxy) is 1. The topological polar surface area (TPSA) is 65.0 Å². The number of benzene rings is 1. The van der Waals surface area contributed by atoms with Crippen LogP contribution in [0.15, 0.2) is 24.3 Å². The van der Waals surface area contributed by atoms with E-state index in [0.29, 0.717) is 37.7 Å². The zero-order valence-electron chi connectivity index (χ0n) is 18.3. The molecule has 166 valence electrons. The fourth-order valence-electron chi connectivity index (χ4n) is 3.97. The summed E-state index contributed by atoms with van der Waals surface area (Å²) in [4.78, 5) is 30.7. The smallest absolute Gasteiger partial charge is 0.254 e. The third-order valence-corrected chi connectivity index (χ3v) is 5.90. The van der Waals surface area contributed by atoms with Crippen molar-refractivity contribution in [2.24, 2.45) is 0 Å². The fourth-order valence-corrected chi connectivity index (χ4v) is 3.97. The molecule has 1 aromatic carbocycles. The van der Waals surface area contributed by atoms with Crippen molar-refractivity contribution in [3.63, 3.8) is 0 Å². The predicted octanol–water partition coefficient (Wildman–Crippen LogP) is 1.65. The van der Waals surface area contributed by atoms with Crippen LogP contribution in [-0.4, -0.2) is 92.2 Å². The lowest BCUT2D eigenvalue weighted by molar-refractivity contribution is 0.0745. The van der Waals surface area contributed by atoms with E-state index in [4.69, 9.17) is 9.72 Å². The van der Waals surface area contributed by atoms with Gasteiger partial charge in [0, 0.05) is 69.7 Å². The normalized spacial score (nSPS) is 17.7. The van der Waals surface area contributed by atoms with Crippen molar-refractivity contribution in [3.05, 3.63) is 41.3 Å². The maximum atomic E-state index is 14.0. The highest BCUT2D eigenvalue weighted by Crippen LogP contribution is 2.22. The first-order valence-electron chi connectivity index (χ1n) is 10.6. The van der Waals surface area contributed by atoms with Crippen LogP contribution in [0.5, 0.6) is 5.75 Å². The molecule has 8 nitrogen and oxygen atoms in total. The minimum Gasteiger partial charge on any atom is -0.494 e. The second kappa shape index (κ2) is 9.05. The summed E-state index contributed by atoms with van der Waals surface area (Å²) >= 11 is 0. The fraction of sp³-hybridized carbons (Fsp3) is 0.500. The molecule has 2 aliphatic rings. The molecular formula is C22H29FN6O2. The number of amides is 1. The first-order valence-corrected chi connectivity index (χ1v) is 10.6. The Bertz CT molecular complexity index is 940. The molecule has 2 aromatic rings. The van der Waals surface area contributed by atoms with Gasteiger partial charge in [0.05, 0.1) is 7.11 Å². The zero-order valence-corrected chi connectivity index (χ0v) is 18.3. The summed E-state index contributed by atoms with van der Waals surface area (Å²) in [6, 6.07) is 6.36. The molecule has 0 radical (unpaired) electrons. The van der Waals surface area contributed by atoms with E-state index < -0.39 is 5.82 Å². The van der Waals surface area contributed by atoms with Crippen molar-refractivity contribution in [2.75, 3.05) is 76.3 Å². The third-order valence-electron chi connectivity index (χ3n) is 5.90. The van der Waals surface area contributed by atoms with Crippen molar-refractivity contribution in [1.29, 1.82) is 0 Å². The van der Waals surface area contributed by atoms with Gasteiger partial charge in [-0.3, -0.25) is 4.79 Å². The Balaban J connectivity index is 1.41. The number of nitrogens with zero attached hydrogens (tertiary/aromatic N) is 6. The minimum absolute atomic E-state index is 0.133. The van der Waals surface area contributed by atoms with Crippen molar-refractivity contribution < 1.29 is 13.9 Å². The van der Waals surface area contributed by atoms with Gasteiger partial charge in [-0.15, -0.1) is 0 Å².